The van der Waals surface area contributed by atoms with E-state index in [9.17, 15) is 13.6 Å². The summed E-state index contributed by atoms with van der Waals surface area (Å²) in [5.41, 5.74) is 1.26. The van der Waals surface area contributed by atoms with Crippen molar-refractivity contribution in [3.63, 3.8) is 0 Å². The van der Waals surface area contributed by atoms with Gasteiger partial charge in [-0.2, -0.15) is 14.6 Å². The first-order valence-electron chi connectivity index (χ1n) is 10.1. The lowest BCUT2D eigenvalue weighted by Gasteiger charge is -2.20. The maximum absolute atomic E-state index is 14.7. The van der Waals surface area contributed by atoms with Crippen molar-refractivity contribution in [3.8, 4) is 23.1 Å². The summed E-state index contributed by atoms with van der Waals surface area (Å²) in [4.78, 5) is 26.1. The number of nitrogens with zero attached hydrogens (tertiary/aromatic N) is 6. The molecule has 1 aliphatic heterocycles. The molecule has 1 saturated heterocycles. The average Bonchev–Trinajstić information content (AvgIpc) is 3.35. The van der Waals surface area contributed by atoms with E-state index in [1.807, 2.05) is 0 Å². The molecule has 176 valence electrons. The number of hydrogen-bond donors (Lipinski definition) is 1. The Morgan fingerprint density at radius 3 is 2.76 bits per heavy atom. The van der Waals surface area contributed by atoms with E-state index in [-0.39, 0.29) is 24.5 Å². The first-order chi connectivity index (χ1) is 15.7. The van der Waals surface area contributed by atoms with Gasteiger partial charge in [0.2, 0.25) is 5.88 Å². The minimum Gasteiger partial charge on any atom is -0.480 e. The van der Waals surface area contributed by atoms with E-state index in [1.54, 1.807) is 26.0 Å². The standard InChI is InChI=1S/C20H23F2N7O4/c1-11(2)25-19(30)33-14-9-28(10-20(14,21)22)16-7-13(26-15-5-6-24-29(15)16)12-8-23-18(32-4)27-17(12)31-3/h5-8,11,14H,9-10H2,1-4H3,(H,25,30)/t14-/m0/s1. The maximum atomic E-state index is 14.7. The van der Waals surface area contributed by atoms with Gasteiger partial charge in [-0.25, -0.2) is 23.5 Å². The van der Waals surface area contributed by atoms with E-state index in [4.69, 9.17) is 14.2 Å². The number of anilines is 1. The number of fused-ring (bicyclic) bond motifs is 1. The average molecular weight is 463 g/mol. The van der Waals surface area contributed by atoms with E-state index in [1.165, 1.54) is 36.0 Å². The number of carbonyl (C=O) groups excluding carboxylic acids is 1. The summed E-state index contributed by atoms with van der Waals surface area (Å²) in [5, 5.41) is 6.67. The summed E-state index contributed by atoms with van der Waals surface area (Å²) in [6.07, 6.45) is 0.466. The molecule has 0 aliphatic carbocycles. The molecule has 1 aliphatic rings. The molecule has 4 rings (SSSR count). The molecule has 0 bridgehead atoms. The minimum atomic E-state index is -3.27. The predicted molar refractivity (Wildman–Crippen MR) is 113 cm³/mol. The minimum absolute atomic E-state index is 0.111. The molecular weight excluding hydrogens is 440 g/mol. The molecule has 3 aromatic rings. The highest BCUT2D eigenvalue weighted by Gasteiger charge is 2.51. The summed E-state index contributed by atoms with van der Waals surface area (Å²) >= 11 is 0. The number of methoxy groups -OCH3 is 2. The van der Waals surface area contributed by atoms with E-state index in [2.05, 4.69) is 25.4 Å². The van der Waals surface area contributed by atoms with Crippen molar-refractivity contribution >= 4 is 17.6 Å². The lowest BCUT2D eigenvalue weighted by molar-refractivity contribution is -0.0765. The van der Waals surface area contributed by atoms with Crippen molar-refractivity contribution in [2.75, 3.05) is 32.2 Å². The number of hydrogen-bond acceptors (Lipinski definition) is 9. The second-order valence-electron chi connectivity index (χ2n) is 7.71. The van der Waals surface area contributed by atoms with Gasteiger partial charge in [-0.15, -0.1) is 0 Å². The lowest BCUT2D eigenvalue weighted by atomic mass is 10.2. The monoisotopic (exact) mass is 463 g/mol. The van der Waals surface area contributed by atoms with Gasteiger partial charge in [0, 0.05) is 24.4 Å². The molecule has 0 saturated carbocycles. The number of amides is 1. The summed E-state index contributed by atoms with van der Waals surface area (Å²) in [5.74, 6) is -2.71. The van der Waals surface area contributed by atoms with Crippen LogP contribution in [0.25, 0.3) is 16.9 Å². The molecule has 0 unspecified atom stereocenters. The SMILES string of the molecule is COc1ncc(-c2cc(N3C[C@H](OC(=O)NC(C)C)C(F)(F)C3)n3nccc3n2)c(OC)n1. The van der Waals surface area contributed by atoms with E-state index >= 15 is 0 Å². The quantitative estimate of drug-likeness (QED) is 0.587. The van der Waals surface area contributed by atoms with Crippen molar-refractivity contribution in [1.82, 2.24) is 29.9 Å². The number of aromatic nitrogens is 5. The number of halogens is 2. The van der Waals surface area contributed by atoms with Crippen LogP contribution < -0.4 is 19.7 Å². The van der Waals surface area contributed by atoms with Gasteiger partial charge in [0.25, 0.3) is 0 Å². The number of alkyl halides is 2. The van der Waals surface area contributed by atoms with Crippen LogP contribution in [0.1, 0.15) is 13.8 Å². The number of rotatable bonds is 6. The molecule has 13 heteroatoms. The maximum Gasteiger partial charge on any atom is 0.407 e. The van der Waals surface area contributed by atoms with Crippen LogP contribution in [0.15, 0.2) is 24.5 Å². The third-order valence-electron chi connectivity index (χ3n) is 4.96. The molecule has 1 amide bonds. The van der Waals surface area contributed by atoms with Gasteiger partial charge in [0.05, 0.1) is 44.8 Å². The third-order valence-corrected chi connectivity index (χ3v) is 4.96. The number of nitrogens with one attached hydrogen (secondary N) is 1. The fourth-order valence-corrected chi connectivity index (χ4v) is 3.49. The molecule has 1 N–H and O–H groups in total. The normalized spacial score (nSPS) is 17.4. The Morgan fingerprint density at radius 2 is 2.06 bits per heavy atom. The van der Waals surface area contributed by atoms with Crippen LogP contribution in [-0.2, 0) is 4.74 Å². The molecule has 1 fully saturated rings. The van der Waals surface area contributed by atoms with Crippen molar-refractivity contribution in [1.29, 1.82) is 0 Å². The summed E-state index contributed by atoms with van der Waals surface area (Å²) in [7, 11) is 2.87. The van der Waals surface area contributed by atoms with Gasteiger partial charge in [-0.05, 0) is 13.8 Å². The molecule has 0 aromatic carbocycles. The second kappa shape index (κ2) is 8.64. The van der Waals surface area contributed by atoms with Gasteiger partial charge < -0.3 is 24.4 Å². The topological polar surface area (TPSA) is 116 Å². The highest BCUT2D eigenvalue weighted by atomic mass is 19.3. The van der Waals surface area contributed by atoms with Gasteiger partial charge >= 0.3 is 18.0 Å². The highest BCUT2D eigenvalue weighted by molar-refractivity contribution is 5.71. The molecule has 4 heterocycles. The predicted octanol–water partition coefficient (Wildman–Crippen LogP) is 2.16. The number of alkyl carbamates (subject to hydrolysis) is 1. The van der Waals surface area contributed by atoms with Crippen LogP contribution in [0.5, 0.6) is 11.9 Å². The van der Waals surface area contributed by atoms with Crippen molar-refractivity contribution < 1.29 is 27.8 Å². The lowest BCUT2D eigenvalue weighted by Crippen LogP contribution is -2.40. The van der Waals surface area contributed by atoms with Gasteiger partial charge in [-0.3, -0.25) is 0 Å². The van der Waals surface area contributed by atoms with Crippen LogP contribution in [0, 0.1) is 0 Å². The summed E-state index contributed by atoms with van der Waals surface area (Å²) in [6.45, 7) is 2.53. The Hall–Kier alpha value is -3.77. The zero-order valence-electron chi connectivity index (χ0n) is 18.5. The van der Waals surface area contributed by atoms with Crippen LogP contribution in [-0.4, -0.2) is 76.0 Å². The Bertz CT molecular complexity index is 1170. The first kappa shape index (κ1) is 22.4. The molecule has 33 heavy (non-hydrogen) atoms. The second-order valence-corrected chi connectivity index (χ2v) is 7.71. The number of ether oxygens (including phenoxy) is 3. The fourth-order valence-electron chi connectivity index (χ4n) is 3.49. The van der Waals surface area contributed by atoms with Crippen molar-refractivity contribution in [2.24, 2.45) is 0 Å². The van der Waals surface area contributed by atoms with Crippen LogP contribution in [0.2, 0.25) is 0 Å². The Morgan fingerprint density at radius 1 is 1.27 bits per heavy atom. The van der Waals surface area contributed by atoms with E-state index < -0.39 is 24.7 Å². The van der Waals surface area contributed by atoms with Crippen molar-refractivity contribution in [3.05, 3.63) is 24.5 Å². The van der Waals surface area contributed by atoms with E-state index in [0.29, 0.717) is 22.7 Å². The fraction of sp³-hybridized carbons (Fsp3) is 0.450. The molecular formula is C20H23F2N7O4. The number of carbonyl (C=O) groups is 1. The Labute approximate surface area is 187 Å². The summed E-state index contributed by atoms with van der Waals surface area (Å²) in [6, 6.07) is 3.10. The molecule has 0 radical (unpaired) electrons. The van der Waals surface area contributed by atoms with Crippen LogP contribution >= 0.6 is 0 Å². The summed E-state index contributed by atoms with van der Waals surface area (Å²) < 4.78 is 46.3. The zero-order valence-corrected chi connectivity index (χ0v) is 18.5. The molecule has 1 atom stereocenters. The first-order valence-corrected chi connectivity index (χ1v) is 10.1. The Balaban J connectivity index is 1.70. The van der Waals surface area contributed by atoms with Crippen LogP contribution in [0.4, 0.5) is 19.4 Å². The largest absolute Gasteiger partial charge is 0.480 e. The smallest absolute Gasteiger partial charge is 0.407 e. The zero-order chi connectivity index (χ0) is 23.8. The van der Waals surface area contributed by atoms with Gasteiger partial charge in [0.1, 0.15) is 5.82 Å². The van der Waals surface area contributed by atoms with E-state index in [0.717, 1.165) is 0 Å². The van der Waals surface area contributed by atoms with Crippen molar-refractivity contribution in [2.45, 2.75) is 31.9 Å². The third kappa shape index (κ3) is 4.43. The highest BCUT2D eigenvalue weighted by Crippen LogP contribution is 2.36. The van der Waals surface area contributed by atoms with Crippen LogP contribution in [0.3, 0.4) is 0 Å². The van der Waals surface area contributed by atoms with Gasteiger partial charge in [0.15, 0.2) is 11.8 Å². The molecule has 3 aromatic heterocycles. The molecule has 0 spiro atoms. The van der Waals surface area contributed by atoms with Gasteiger partial charge in [-0.1, -0.05) is 0 Å². The Kier molecular flexibility index (Phi) is 5.87. The molecule has 11 nitrogen and oxygen atoms in total.